The maximum absolute atomic E-state index is 11.6. The predicted octanol–water partition coefficient (Wildman–Crippen LogP) is 5.77. The van der Waals surface area contributed by atoms with Gasteiger partial charge in [-0.15, -0.1) is 35.9 Å². The van der Waals surface area contributed by atoms with Gasteiger partial charge in [-0.05, 0) is 5.56 Å². The van der Waals surface area contributed by atoms with E-state index in [1.54, 1.807) is 12.2 Å². The third-order valence-electron chi connectivity index (χ3n) is 2.41. The van der Waals surface area contributed by atoms with Gasteiger partial charge < -0.3 is 4.79 Å². The Balaban J connectivity index is 0. The van der Waals surface area contributed by atoms with Gasteiger partial charge in [-0.25, -0.2) is 0 Å². The fourth-order valence-corrected chi connectivity index (χ4v) is 1.49. The summed E-state index contributed by atoms with van der Waals surface area (Å²) in [5, 5.41) is 0. The number of carbonyl (C=O) groups excluding carboxylic acids is 1. The van der Waals surface area contributed by atoms with Crippen LogP contribution in [0.4, 0.5) is 0 Å². The van der Waals surface area contributed by atoms with Crippen LogP contribution in [0.5, 0.6) is 0 Å². The Morgan fingerprint density at radius 3 is 1.71 bits per heavy atom. The molecule has 0 saturated carbocycles. The first-order chi connectivity index (χ1) is 10.6. The molecule has 2 aromatic carbocycles. The number of hydrogen-bond donors (Lipinski definition) is 0. The SMILES string of the molecule is ClC(Cl)Cl.O=C([C-]=Cc1ccccc1)C=Cc1ccccc1.[Pd].[Pd]. The van der Waals surface area contributed by atoms with Gasteiger partial charge in [-0.1, -0.05) is 83.3 Å². The summed E-state index contributed by atoms with van der Waals surface area (Å²) in [4.78, 5) is 11.6. The molecule has 0 aromatic heterocycles. The van der Waals surface area contributed by atoms with Gasteiger partial charge in [0.1, 0.15) is 0 Å². The molecule has 0 unspecified atom stereocenters. The molecule has 0 aliphatic heterocycles. The summed E-state index contributed by atoms with van der Waals surface area (Å²) in [6, 6.07) is 19.4. The quantitative estimate of drug-likeness (QED) is 0.199. The zero-order valence-corrected chi connectivity index (χ0v) is 17.6. The average Bonchev–Trinajstić information content (AvgIpc) is 2.52. The van der Waals surface area contributed by atoms with Crippen LogP contribution in [0.1, 0.15) is 11.1 Å². The molecule has 0 aliphatic rings. The summed E-state index contributed by atoms with van der Waals surface area (Å²) >= 11 is 14.4. The van der Waals surface area contributed by atoms with Gasteiger partial charge in [0.05, 0.1) is 5.78 Å². The fourth-order valence-electron chi connectivity index (χ4n) is 1.49. The van der Waals surface area contributed by atoms with Gasteiger partial charge in [0.25, 0.3) is 0 Å². The maximum atomic E-state index is 11.6. The van der Waals surface area contributed by atoms with Crippen LogP contribution >= 0.6 is 34.8 Å². The van der Waals surface area contributed by atoms with Crippen molar-refractivity contribution in [2.24, 2.45) is 0 Å². The molecular formula is C18H14Cl3OPd2-. The summed E-state index contributed by atoms with van der Waals surface area (Å²) in [6.07, 6.45) is 7.72. The second kappa shape index (κ2) is 16.3. The van der Waals surface area contributed by atoms with Crippen LogP contribution in [-0.2, 0) is 45.6 Å². The van der Waals surface area contributed by atoms with Crippen molar-refractivity contribution in [1.82, 2.24) is 0 Å². The molecule has 0 N–H and O–H groups in total. The molecule has 0 fully saturated rings. The van der Waals surface area contributed by atoms with E-state index in [0.29, 0.717) is 0 Å². The molecule has 0 aliphatic carbocycles. The van der Waals surface area contributed by atoms with Crippen LogP contribution in [0.25, 0.3) is 12.2 Å². The van der Waals surface area contributed by atoms with Crippen molar-refractivity contribution in [3.05, 3.63) is 83.9 Å². The summed E-state index contributed by atoms with van der Waals surface area (Å²) in [5.41, 5.74) is 1.98. The number of carbonyl (C=O) groups is 1. The monoisotopic (exact) mass is 563 g/mol. The normalized spacial score (nSPS) is 9.83. The number of benzene rings is 2. The van der Waals surface area contributed by atoms with E-state index in [1.165, 1.54) is 6.08 Å². The van der Waals surface area contributed by atoms with Crippen molar-refractivity contribution in [1.29, 1.82) is 0 Å². The summed E-state index contributed by atoms with van der Waals surface area (Å²) in [6.45, 7) is 0. The molecule has 24 heavy (non-hydrogen) atoms. The zero-order valence-electron chi connectivity index (χ0n) is 12.3. The van der Waals surface area contributed by atoms with Crippen molar-refractivity contribution in [3.8, 4) is 0 Å². The first kappa shape index (κ1) is 26.0. The van der Waals surface area contributed by atoms with Crippen LogP contribution in [0, 0.1) is 6.08 Å². The molecule has 2 aromatic rings. The van der Waals surface area contributed by atoms with Gasteiger partial charge >= 0.3 is 0 Å². The topological polar surface area (TPSA) is 17.1 Å². The third-order valence-corrected chi connectivity index (χ3v) is 2.41. The number of hydrogen-bond acceptors (Lipinski definition) is 1. The van der Waals surface area contributed by atoms with Gasteiger partial charge in [0, 0.05) is 40.8 Å². The molecule has 1 nitrogen and oxygen atoms in total. The molecule has 0 radical (unpaired) electrons. The standard InChI is InChI=1S/C17H13O.CHCl3.2Pd/c18-17(13-11-15-7-3-1-4-8-15)14-12-16-9-5-2-6-10-16;2-1(3)4;;/h1-13H;1H;;/q-1;;;. The minimum Gasteiger partial charge on any atom is -0.319 e. The molecule has 2 rings (SSSR count). The van der Waals surface area contributed by atoms with Crippen LogP contribution in [-0.4, -0.2) is 10.1 Å². The molecule has 0 atom stereocenters. The number of alkyl halides is 3. The summed E-state index contributed by atoms with van der Waals surface area (Å²) < 4.78 is -0.750. The van der Waals surface area contributed by atoms with Gasteiger partial charge in [-0.2, -0.15) is 6.08 Å². The second-order valence-corrected chi connectivity index (χ2v) is 6.03. The van der Waals surface area contributed by atoms with Crippen LogP contribution < -0.4 is 0 Å². The predicted molar refractivity (Wildman–Crippen MR) is 96.0 cm³/mol. The summed E-state index contributed by atoms with van der Waals surface area (Å²) in [7, 11) is 0. The first-order valence-corrected chi connectivity index (χ1v) is 7.73. The van der Waals surface area contributed by atoms with E-state index in [1.807, 2.05) is 60.7 Å². The van der Waals surface area contributed by atoms with Crippen LogP contribution in [0.3, 0.4) is 0 Å². The Labute approximate surface area is 185 Å². The van der Waals surface area contributed by atoms with E-state index in [2.05, 4.69) is 6.08 Å². The van der Waals surface area contributed by atoms with Gasteiger partial charge in [0.2, 0.25) is 0 Å². The number of ketones is 1. The second-order valence-electron chi connectivity index (χ2n) is 4.06. The minimum absolute atomic E-state index is 0. The number of rotatable bonds is 4. The average molecular weight is 566 g/mol. The van der Waals surface area contributed by atoms with Crippen molar-refractivity contribution in [2.45, 2.75) is 4.30 Å². The Kier molecular flexibility index (Phi) is 17.6. The molecule has 134 valence electrons. The fraction of sp³-hybridized carbons (Fsp3) is 0.0556. The molecule has 0 amide bonds. The molecule has 6 heteroatoms. The smallest absolute Gasteiger partial charge is 0.180 e. The van der Waals surface area contributed by atoms with E-state index in [-0.39, 0.29) is 46.6 Å². The van der Waals surface area contributed by atoms with Crippen molar-refractivity contribution in [2.75, 3.05) is 0 Å². The van der Waals surface area contributed by atoms with Gasteiger partial charge in [0.15, 0.2) is 4.30 Å². The number of allylic oxidation sites excluding steroid dienone is 2. The van der Waals surface area contributed by atoms with Crippen molar-refractivity contribution in [3.63, 3.8) is 0 Å². The molecular weight excluding hydrogens is 551 g/mol. The Bertz CT molecular complexity index is 560. The van der Waals surface area contributed by atoms with E-state index < -0.39 is 4.30 Å². The van der Waals surface area contributed by atoms with E-state index in [0.717, 1.165) is 11.1 Å². The maximum Gasteiger partial charge on any atom is 0.180 e. The molecule has 0 spiro atoms. The molecule has 0 heterocycles. The molecule has 0 saturated heterocycles. The third kappa shape index (κ3) is 14.2. The minimum atomic E-state index is -0.750. The Morgan fingerprint density at radius 1 is 0.833 bits per heavy atom. The van der Waals surface area contributed by atoms with E-state index in [9.17, 15) is 4.79 Å². The van der Waals surface area contributed by atoms with E-state index >= 15 is 0 Å². The zero-order chi connectivity index (χ0) is 16.2. The first-order valence-electron chi connectivity index (χ1n) is 6.42. The van der Waals surface area contributed by atoms with Crippen LogP contribution in [0.2, 0.25) is 0 Å². The van der Waals surface area contributed by atoms with Gasteiger partial charge in [-0.3, -0.25) is 0 Å². The Hall–Kier alpha value is -0.215. The van der Waals surface area contributed by atoms with Crippen LogP contribution in [0.15, 0.2) is 66.7 Å². The van der Waals surface area contributed by atoms with Crippen molar-refractivity contribution < 1.29 is 45.6 Å². The van der Waals surface area contributed by atoms with E-state index in [4.69, 9.17) is 34.8 Å². The largest absolute Gasteiger partial charge is 0.319 e. The summed E-state index contributed by atoms with van der Waals surface area (Å²) in [5.74, 6) is -0.136. The van der Waals surface area contributed by atoms with Crippen molar-refractivity contribution >= 4 is 52.7 Å². The molecule has 0 bridgehead atoms. The Morgan fingerprint density at radius 2 is 1.25 bits per heavy atom. The number of halogens is 3.